The lowest BCUT2D eigenvalue weighted by Gasteiger charge is -2.18. The van der Waals surface area contributed by atoms with Gasteiger partial charge >= 0.3 is 0 Å². The minimum Gasteiger partial charge on any atom is -0.495 e. The van der Waals surface area contributed by atoms with E-state index >= 15 is 0 Å². The zero-order valence-corrected chi connectivity index (χ0v) is 14.9. The summed E-state index contributed by atoms with van der Waals surface area (Å²) < 4.78 is 35.9. The number of rotatable bonds is 5. The first-order valence-electron chi connectivity index (χ1n) is 8.58. The molecule has 2 aromatic heterocycles. The van der Waals surface area contributed by atoms with E-state index in [1.807, 2.05) is 18.2 Å². The molecule has 0 bridgehead atoms. The third kappa shape index (κ3) is 3.30. The maximum Gasteiger partial charge on any atom is 0.280 e. The highest BCUT2D eigenvalue weighted by Crippen LogP contribution is 2.36. The number of amides is 1. The summed E-state index contributed by atoms with van der Waals surface area (Å²) in [7, 11) is 1.55. The summed E-state index contributed by atoms with van der Waals surface area (Å²) in [6.45, 7) is 0.378. The molecular weight excluding hydrogens is 370 g/mol. The van der Waals surface area contributed by atoms with E-state index in [4.69, 9.17) is 9.26 Å². The minimum atomic E-state index is -2.64. The van der Waals surface area contributed by atoms with Crippen molar-refractivity contribution in [3.63, 3.8) is 0 Å². The monoisotopic (exact) mass is 386 g/mol. The number of aromatic nitrogens is 3. The van der Waals surface area contributed by atoms with Gasteiger partial charge in [-0.15, -0.1) is 0 Å². The van der Waals surface area contributed by atoms with Gasteiger partial charge in [0.2, 0.25) is 17.6 Å². The van der Waals surface area contributed by atoms with E-state index in [2.05, 4.69) is 15.1 Å². The zero-order valence-electron chi connectivity index (χ0n) is 14.9. The van der Waals surface area contributed by atoms with E-state index in [0.717, 1.165) is 0 Å². The highest BCUT2D eigenvalue weighted by Gasteiger charge is 2.36. The van der Waals surface area contributed by atoms with Crippen LogP contribution in [0.2, 0.25) is 0 Å². The van der Waals surface area contributed by atoms with Gasteiger partial charge in [0.05, 0.1) is 18.7 Å². The lowest BCUT2D eigenvalue weighted by molar-refractivity contribution is -0.117. The van der Waals surface area contributed by atoms with Crippen molar-refractivity contribution in [1.82, 2.24) is 15.1 Å². The quantitative estimate of drug-likeness (QED) is 0.667. The summed E-state index contributed by atoms with van der Waals surface area (Å²) >= 11 is 0. The van der Waals surface area contributed by atoms with Gasteiger partial charge in [0.1, 0.15) is 11.4 Å². The molecule has 1 saturated heterocycles. The fourth-order valence-corrected chi connectivity index (χ4v) is 3.14. The third-order valence-corrected chi connectivity index (χ3v) is 4.56. The van der Waals surface area contributed by atoms with Crippen LogP contribution >= 0.6 is 0 Å². The van der Waals surface area contributed by atoms with Gasteiger partial charge in [-0.2, -0.15) is 4.98 Å². The Balaban J connectivity index is 1.54. The van der Waals surface area contributed by atoms with Crippen molar-refractivity contribution in [2.45, 2.75) is 18.8 Å². The first-order valence-corrected chi connectivity index (χ1v) is 8.58. The van der Waals surface area contributed by atoms with E-state index in [9.17, 15) is 13.6 Å². The van der Waals surface area contributed by atoms with Crippen LogP contribution in [0, 0.1) is 0 Å². The first-order chi connectivity index (χ1) is 13.6. The molecule has 1 aromatic carbocycles. The fourth-order valence-electron chi connectivity index (χ4n) is 3.14. The predicted molar refractivity (Wildman–Crippen MR) is 95.2 cm³/mol. The van der Waals surface area contributed by atoms with Crippen LogP contribution in [0.15, 0.2) is 47.1 Å². The van der Waals surface area contributed by atoms with Crippen molar-refractivity contribution in [2.24, 2.45) is 0 Å². The molecule has 0 spiro atoms. The number of anilines is 1. The highest BCUT2D eigenvalue weighted by molar-refractivity contribution is 5.97. The first kappa shape index (κ1) is 18.0. The molecule has 1 unspecified atom stereocenters. The number of hydrogen-bond acceptors (Lipinski definition) is 6. The number of methoxy groups -OCH3 is 1. The maximum absolute atomic E-state index is 12.6. The largest absolute Gasteiger partial charge is 0.495 e. The van der Waals surface area contributed by atoms with Crippen molar-refractivity contribution in [2.75, 3.05) is 18.6 Å². The van der Waals surface area contributed by atoms with Gasteiger partial charge in [0, 0.05) is 24.7 Å². The Bertz CT molecular complexity index is 991. The molecule has 28 heavy (non-hydrogen) atoms. The lowest BCUT2D eigenvalue weighted by Crippen LogP contribution is -2.24. The van der Waals surface area contributed by atoms with Crippen LogP contribution < -0.4 is 9.64 Å². The normalized spacial score (nSPS) is 16.8. The number of carbonyl (C=O) groups is 1. The molecule has 1 atom stereocenters. The molecule has 7 nitrogen and oxygen atoms in total. The number of ether oxygens (including phenoxy) is 1. The molecule has 1 aliphatic rings. The molecule has 4 rings (SSSR count). The lowest BCUT2D eigenvalue weighted by atomic mass is 10.1. The van der Waals surface area contributed by atoms with Crippen LogP contribution in [-0.4, -0.2) is 34.7 Å². The number of nitrogens with zero attached hydrogens (tertiary/aromatic N) is 4. The number of pyridine rings is 1. The van der Waals surface area contributed by atoms with Crippen molar-refractivity contribution in [3.05, 3.63) is 54.2 Å². The second kappa shape index (κ2) is 7.34. The van der Waals surface area contributed by atoms with Crippen molar-refractivity contribution < 1.29 is 22.8 Å². The molecule has 3 aromatic rings. The molecule has 9 heteroatoms. The SMILES string of the molecule is COc1ccccc1N1CC(c2nc(-c3ccc(C(F)F)nc3)no2)CC1=O. The molecule has 0 saturated carbocycles. The van der Waals surface area contributed by atoms with Crippen LogP contribution in [-0.2, 0) is 4.79 Å². The Hall–Kier alpha value is -3.36. The van der Waals surface area contributed by atoms with Gasteiger partial charge in [-0.3, -0.25) is 9.78 Å². The number of alkyl halides is 2. The summed E-state index contributed by atoms with van der Waals surface area (Å²) in [5.74, 6) is 0.822. The molecule has 1 fully saturated rings. The number of benzene rings is 1. The third-order valence-electron chi connectivity index (χ3n) is 4.56. The topological polar surface area (TPSA) is 81.3 Å². The Morgan fingerprint density at radius 3 is 2.79 bits per heavy atom. The van der Waals surface area contributed by atoms with Gasteiger partial charge in [-0.1, -0.05) is 17.3 Å². The van der Waals surface area contributed by atoms with Gasteiger partial charge in [-0.05, 0) is 24.3 Å². The Labute approximate surface area is 159 Å². The van der Waals surface area contributed by atoms with E-state index in [-0.39, 0.29) is 29.8 Å². The summed E-state index contributed by atoms with van der Waals surface area (Å²) in [6, 6.07) is 9.95. The number of carbonyl (C=O) groups excluding carboxylic acids is 1. The molecule has 1 aliphatic heterocycles. The van der Waals surface area contributed by atoms with Gasteiger partial charge in [0.15, 0.2) is 0 Å². The molecule has 1 amide bonds. The Kier molecular flexibility index (Phi) is 4.72. The van der Waals surface area contributed by atoms with Gasteiger partial charge < -0.3 is 14.2 Å². The molecular formula is C19H16F2N4O3. The summed E-state index contributed by atoms with van der Waals surface area (Å²) in [6.07, 6.45) is -1.14. The molecule has 144 valence electrons. The number of para-hydroxylation sites is 2. The average molecular weight is 386 g/mol. The average Bonchev–Trinajstić information content (AvgIpc) is 3.35. The van der Waals surface area contributed by atoms with Crippen LogP contribution in [0.3, 0.4) is 0 Å². The standard InChI is InChI=1S/C19H16F2N4O3/c1-27-15-5-3-2-4-14(15)25-10-12(8-16(25)26)19-23-18(24-28-19)11-6-7-13(17(20)21)22-9-11/h2-7,9,12,17H,8,10H2,1H3. The summed E-state index contributed by atoms with van der Waals surface area (Å²) in [5, 5.41) is 3.89. The summed E-state index contributed by atoms with van der Waals surface area (Å²) in [5.41, 5.74) is 0.829. The van der Waals surface area contributed by atoms with Gasteiger partial charge in [-0.25, -0.2) is 8.78 Å². The smallest absolute Gasteiger partial charge is 0.280 e. The number of halogens is 2. The molecule has 0 radical (unpaired) electrons. The highest BCUT2D eigenvalue weighted by atomic mass is 19.3. The van der Waals surface area contributed by atoms with Crippen LogP contribution in [0.4, 0.5) is 14.5 Å². The van der Waals surface area contributed by atoms with Gasteiger partial charge in [0.25, 0.3) is 6.43 Å². The molecule has 0 N–H and O–H groups in total. The van der Waals surface area contributed by atoms with Crippen molar-refractivity contribution in [1.29, 1.82) is 0 Å². The van der Waals surface area contributed by atoms with Crippen LogP contribution in [0.25, 0.3) is 11.4 Å². The minimum absolute atomic E-state index is 0.0720. The van der Waals surface area contributed by atoms with Crippen LogP contribution in [0.5, 0.6) is 5.75 Å². The van der Waals surface area contributed by atoms with E-state index in [1.54, 1.807) is 18.1 Å². The van der Waals surface area contributed by atoms with E-state index < -0.39 is 6.43 Å². The Morgan fingerprint density at radius 2 is 2.07 bits per heavy atom. The zero-order chi connectivity index (χ0) is 19.7. The summed E-state index contributed by atoms with van der Waals surface area (Å²) in [4.78, 5) is 22.2. The molecule has 0 aliphatic carbocycles. The van der Waals surface area contributed by atoms with Crippen molar-refractivity contribution >= 4 is 11.6 Å². The molecule has 3 heterocycles. The van der Waals surface area contributed by atoms with Crippen LogP contribution in [0.1, 0.15) is 30.3 Å². The van der Waals surface area contributed by atoms with E-state index in [0.29, 0.717) is 29.4 Å². The van der Waals surface area contributed by atoms with E-state index in [1.165, 1.54) is 18.3 Å². The number of hydrogen-bond donors (Lipinski definition) is 0. The predicted octanol–water partition coefficient (Wildman–Crippen LogP) is 3.60. The Morgan fingerprint density at radius 1 is 1.25 bits per heavy atom. The maximum atomic E-state index is 12.6. The second-order valence-electron chi connectivity index (χ2n) is 6.31. The second-order valence-corrected chi connectivity index (χ2v) is 6.31. The van der Waals surface area contributed by atoms with Crippen molar-refractivity contribution in [3.8, 4) is 17.1 Å². The fraction of sp³-hybridized carbons (Fsp3) is 0.263.